The van der Waals surface area contributed by atoms with E-state index in [1.807, 2.05) is 19.1 Å². The summed E-state index contributed by atoms with van der Waals surface area (Å²) in [6, 6.07) is 3.38. The topological polar surface area (TPSA) is 62.3 Å². The van der Waals surface area contributed by atoms with E-state index >= 15 is 0 Å². The fraction of sp³-hybridized carbons (Fsp3) is 0.588. The Labute approximate surface area is 141 Å². The molecule has 3 rings (SSSR count). The first-order chi connectivity index (χ1) is 11.2. The molecule has 1 saturated heterocycles. The first kappa shape index (κ1) is 16.3. The Bertz CT molecular complexity index is 560. The highest BCUT2D eigenvalue weighted by molar-refractivity contribution is 7.99. The standard InChI is InChI=1S/C17H23N3O2S/c1-12(13-6-8-18-9-7-13)19-16(21)15-10-23-11-20(15)17(22)14-4-2-3-5-14/h6-9,12,14-15H,2-5,10-11H2,1H3,(H,19,21). The first-order valence-electron chi connectivity index (χ1n) is 8.25. The van der Waals surface area contributed by atoms with Crippen LogP contribution >= 0.6 is 11.8 Å². The van der Waals surface area contributed by atoms with Crippen LogP contribution in [-0.4, -0.2) is 39.4 Å². The minimum absolute atomic E-state index is 0.0503. The Balaban J connectivity index is 1.62. The maximum absolute atomic E-state index is 12.6. The van der Waals surface area contributed by atoms with E-state index < -0.39 is 0 Å². The molecule has 2 amide bonds. The molecular formula is C17H23N3O2S. The number of amides is 2. The smallest absolute Gasteiger partial charge is 0.244 e. The van der Waals surface area contributed by atoms with Crippen LogP contribution in [0.15, 0.2) is 24.5 Å². The number of nitrogens with one attached hydrogen (secondary N) is 1. The largest absolute Gasteiger partial charge is 0.348 e. The molecule has 5 nitrogen and oxygen atoms in total. The van der Waals surface area contributed by atoms with Crippen molar-refractivity contribution < 1.29 is 9.59 Å². The van der Waals surface area contributed by atoms with Crippen molar-refractivity contribution in [1.29, 1.82) is 0 Å². The van der Waals surface area contributed by atoms with Crippen molar-refractivity contribution in [1.82, 2.24) is 15.2 Å². The molecular weight excluding hydrogens is 310 g/mol. The third-order valence-corrected chi connectivity index (χ3v) is 5.75. The highest BCUT2D eigenvalue weighted by Crippen LogP contribution is 2.31. The van der Waals surface area contributed by atoms with Gasteiger partial charge in [-0.15, -0.1) is 11.8 Å². The van der Waals surface area contributed by atoms with Crippen LogP contribution in [0.25, 0.3) is 0 Å². The quantitative estimate of drug-likeness (QED) is 0.919. The SMILES string of the molecule is CC(NC(=O)C1CSCN1C(=O)C1CCCC1)c1ccncc1. The van der Waals surface area contributed by atoms with E-state index in [0.717, 1.165) is 31.2 Å². The van der Waals surface area contributed by atoms with Gasteiger partial charge in [-0.1, -0.05) is 12.8 Å². The van der Waals surface area contributed by atoms with Gasteiger partial charge in [-0.2, -0.15) is 0 Å². The van der Waals surface area contributed by atoms with Gasteiger partial charge in [0.25, 0.3) is 0 Å². The summed E-state index contributed by atoms with van der Waals surface area (Å²) < 4.78 is 0. The monoisotopic (exact) mass is 333 g/mol. The van der Waals surface area contributed by atoms with Crippen LogP contribution in [-0.2, 0) is 9.59 Å². The van der Waals surface area contributed by atoms with Crippen LogP contribution in [0.3, 0.4) is 0 Å². The van der Waals surface area contributed by atoms with Crippen LogP contribution in [0.2, 0.25) is 0 Å². The van der Waals surface area contributed by atoms with E-state index in [4.69, 9.17) is 0 Å². The number of hydrogen-bond acceptors (Lipinski definition) is 4. The summed E-state index contributed by atoms with van der Waals surface area (Å²) in [7, 11) is 0. The van der Waals surface area contributed by atoms with Gasteiger partial charge < -0.3 is 10.2 Å². The molecule has 2 atom stereocenters. The van der Waals surface area contributed by atoms with E-state index in [9.17, 15) is 9.59 Å². The molecule has 23 heavy (non-hydrogen) atoms. The number of thioether (sulfide) groups is 1. The van der Waals surface area contributed by atoms with Gasteiger partial charge in [0, 0.05) is 24.1 Å². The number of nitrogens with zero attached hydrogens (tertiary/aromatic N) is 2. The second-order valence-corrected chi connectivity index (χ2v) is 7.32. The van der Waals surface area contributed by atoms with Crippen molar-refractivity contribution in [2.24, 2.45) is 5.92 Å². The molecule has 2 fully saturated rings. The van der Waals surface area contributed by atoms with E-state index in [1.165, 1.54) is 0 Å². The summed E-state index contributed by atoms with van der Waals surface area (Å²) in [5, 5.41) is 3.04. The van der Waals surface area contributed by atoms with Gasteiger partial charge >= 0.3 is 0 Å². The summed E-state index contributed by atoms with van der Waals surface area (Å²) in [6.45, 7) is 1.96. The van der Waals surface area contributed by atoms with Crippen LogP contribution in [0.4, 0.5) is 0 Å². The number of pyridine rings is 1. The Morgan fingerprint density at radius 1 is 1.30 bits per heavy atom. The summed E-state index contributed by atoms with van der Waals surface area (Å²) >= 11 is 1.66. The normalized spacial score (nSPS) is 23.0. The number of carbonyl (C=O) groups excluding carboxylic acids is 2. The van der Waals surface area contributed by atoms with Crippen molar-refractivity contribution in [3.05, 3.63) is 30.1 Å². The zero-order chi connectivity index (χ0) is 16.2. The molecule has 124 valence electrons. The molecule has 0 aromatic carbocycles. The van der Waals surface area contributed by atoms with E-state index in [2.05, 4.69) is 10.3 Å². The Kier molecular flexibility index (Phi) is 5.20. The summed E-state index contributed by atoms with van der Waals surface area (Å²) in [6.07, 6.45) is 7.66. The maximum atomic E-state index is 12.6. The predicted molar refractivity (Wildman–Crippen MR) is 90.7 cm³/mol. The maximum Gasteiger partial charge on any atom is 0.244 e. The van der Waals surface area contributed by atoms with Gasteiger partial charge in [0.05, 0.1) is 11.9 Å². The molecule has 2 aliphatic rings. The zero-order valence-corrected chi connectivity index (χ0v) is 14.2. The number of rotatable bonds is 4. The van der Waals surface area contributed by atoms with E-state index in [0.29, 0.717) is 11.6 Å². The highest BCUT2D eigenvalue weighted by Gasteiger charge is 2.38. The average molecular weight is 333 g/mol. The highest BCUT2D eigenvalue weighted by atomic mass is 32.2. The Morgan fingerprint density at radius 3 is 2.70 bits per heavy atom. The molecule has 2 heterocycles. The summed E-state index contributed by atoms with van der Waals surface area (Å²) in [5.74, 6) is 1.57. The number of aromatic nitrogens is 1. The van der Waals surface area contributed by atoms with Crippen molar-refractivity contribution >= 4 is 23.6 Å². The molecule has 0 spiro atoms. The first-order valence-corrected chi connectivity index (χ1v) is 9.41. The Morgan fingerprint density at radius 2 is 2.00 bits per heavy atom. The second kappa shape index (κ2) is 7.34. The van der Waals surface area contributed by atoms with Crippen LogP contribution in [0.5, 0.6) is 0 Å². The van der Waals surface area contributed by atoms with Crippen molar-refractivity contribution in [3.8, 4) is 0 Å². The molecule has 6 heteroatoms. The summed E-state index contributed by atoms with van der Waals surface area (Å²) in [4.78, 5) is 31.0. The molecule has 1 N–H and O–H groups in total. The van der Waals surface area contributed by atoms with Crippen LogP contribution in [0, 0.1) is 5.92 Å². The van der Waals surface area contributed by atoms with Crippen molar-refractivity contribution in [2.45, 2.75) is 44.7 Å². The third-order valence-electron chi connectivity index (χ3n) is 4.74. The molecule has 1 aliphatic heterocycles. The predicted octanol–water partition coefficient (Wildman–Crippen LogP) is 2.35. The third kappa shape index (κ3) is 3.68. The number of carbonyl (C=O) groups is 2. The fourth-order valence-corrected chi connectivity index (χ4v) is 4.49. The van der Waals surface area contributed by atoms with Crippen molar-refractivity contribution in [2.75, 3.05) is 11.6 Å². The lowest BCUT2D eigenvalue weighted by molar-refractivity contribution is -0.141. The molecule has 0 radical (unpaired) electrons. The second-order valence-electron chi connectivity index (χ2n) is 6.32. The molecule has 1 aromatic heterocycles. The fourth-order valence-electron chi connectivity index (χ4n) is 3.33. The molecule has 1 aliphatic carbocycles. The number of hydrogen-bond donors (Lipinski definition) is 1. The van der Waals surface area contributed by atoms with E-state index in [-0.39, 0.29) is 29.8 Å². The molecule has 0 bridgehead atoms. The Hall–Kier alpha value is -1.56. The molecule has 1 aromatic rings. The van der Waals surface area contributed by atoms with Gasteiger partial charge in [0.2, 0.25) is 11.8 Å². The van der Waals surface area contributed by atoms with Gasteiger partial charge in [-0.3, -0.25) is 14.6 Å². The lowest BCUT2D eigenvalue weighted by Crippen LogP contribution is -2.49. The lowest BCUT2D eigenvalue weighted by atomic mass is 10.1. The van der Waals surface area contributed by atoms with Crippen LogP contribution in [0.1, 0.15) is 44.2 Å². The summed E-state index contributed by atoms with van der Waals surface area (Å²) in [5.41, 5.74) is 1.02. The van der Waals surface area contributed by atoms with Gasteiger partial charge in [0.15, 0.2) is 0 Å². The minimum atomic E-state index is -0.336. The van der Waals surface area contributed by atoms with E-state index in [1.54, 1.807) is 29.1 Å². The van der Waals surface area contributed by atoms with Crippen molar-refractivity contribution in [3.63, 3.8) is 0 Å². The van der Waals surface area contributed by atoms with Crippen LogP contribution < -0.4 is 5.32 Å². The van der Waals surface area contributed by atoms with Gasteiger partial charge in [-0.25, -0.2) is 0 Å². The van der Waals surface area contributed by atoms with Gasteiger partial charge in [-0.05, 0) is 37.5 Å². The van der Waals surface area contributed by atoms with Gasteiger partial charge in [0.1, 0.15) is 6.04 Å². The molecule has 2 unspecified atom stereocenters. The minimum Gasteiger partial charge on any atom is -0.348 e. The lowest BCUT2D eigenvalue weighted by Gasteiger charge is -2.27. The average Bonchev–Trinajstić information content (AvgIpc) is 3.26. The molecule has 1 saturated carbocycles. The zero-order valence-electron chi connectivity index (χ0n) is 13.4.